The lowest BCUT2D eigenvalue weighted by atomic mass is 9.95. The summed E-state index contributed by atoms with van der Waals surface area (Å²) in [5, 5.41) is 0. The molecule has 1 heterocycles. The molecule has 0 spiro atoms. The fourth-order valence-corrected chi connectivity index (χ4v) is 3.57. The molecular weight excluding hydrogens is 254 g/mol. The Hall–Kier alpha value is -1.60. The molecule has 21 heavy (non-hydrogen) atoms. The SMILES string of the molecule is C=C1/C(=C\C=C/C)C(N2CCC(C)CC2)c2ccccc21. The van der Waals surface area contributed by atoms with Gasteiger partial charge in [0.1, 0.15) is 0 Å². The number of hydrogen-bond donors (Lipinski definition) is 0. The number of hydrogen-bond acceptors (Lipinski definition) is 1. The number of rotatable bonds is 2. The third kappa shape index (κ3) is 2.63. The molecule has 1 aromatic carbocycles. The molecule has 0 aromatic heterocycles. The molecule has 3 rings (SSSR count). The average molecular weight is 279 g/mol. The molecule has 0 bridgehead atoms. The molecule has 1 unspecified atom stereocenters. The monoisotopic (exact) mass is 279 g/mol. The number of likely N-dealkylation sites (tertiary alicyclic amines) is 1. The van der Waals surface area contributed by atoms with Crippen molar-refractivity contribution >= 4 is 5.57 Å². The summed E-state index contributed by atoms with van der Waals surface area (Å²) < 4.78 is 0. The lowest BCUT2D eigenvalue weighted by Crippen LogP contribution is -2.36. The largest absolute Gasteiger partial charge is 0.292 e. The third-order valence-electron chi connectivity index (χ3n) is 4.88. The zero-order chi connectivity index (χ0) is 14.8. The third-order valence-corrected chi connectivity index (χ3v) is 4.88. The van der Waals surface area contributed by atoms with Crippen LogP contribution >= 0.6 is 0 Å². The van der Waals surface area contributed by atoms with E-state index in [2.05, 4.69) is 67.8 Å². The minimum atomic E-state index is 0.400. The lowest BCUT2D eigenvalue weighted by molar-refractivity contribution is 0.160. The quantitative estimate of drug-likeness (QED) is 0.737. The van der Waals surface area contributed by atoms with Gasteiger partial charge in [-0.15, -0.1) is 0 Å². The molecule has 110 valence electrons. The van der Waals surface area contributed by atoms with Crippen LogP contribution in [0.1, 0.15) is 43.9 Å². The minimum absolute atomic E-state index is 0.400. The lowest BCUT2D eigenvalue weighted by Gasteiger charge is -2.36. The van der Waals surface area contributed by atoms with Gasteiger partial charge in [-0.05, 0) is 61.0 Å². The molecule has 1 aromatic rings. The highest BCUT2D eigenvalue weighted by Crippen LogP contribution is 2.47. The number of allylic oxidation sites excluding steroid dienone is 3. The van der Waals surface area contributed by atoms with Crippen molar-refractivity contribution in [1.29, 1.82) is 0 Å². The molecule has 0 saturated carbocycles. The Bertz CT molecular complexity index is 586. The summed E-state index contributed by atoms with van der Waals surface area (Å²) in [5.41, 5.74) is 5.35. The Morgan fingerprint density at radius 3 is 2.62 bits per heavy atom. The Morgan fingerprint density at radius 1 is 1.19 bits per heavy atom. The molecule has 1 nitrogen and oxygen atoms in total. The summed E-state index contributed by atoms with van der Waals surface area (Å²) in [5.74, 6) is 0.865. The minimum Gasteiger partial charge on any atom is -0.292 e. The molecule has 0 N–H and O–H groups in total. The molecule has 1 saturated heterocycles. The summed E-state index contributed by atoms with van der Waals surface area (Å²) in [7, 11) is 0. The van der Waals surface area contributed by atoms with Gasteiger partial charge in [-0.3, -0.25) is 4.90 Å². The van der Waals surface area contributed by atoms with Crippen LogP contribution in [0.5, 0.6) is 0 Å². The van der Waals surface area contributed by atoms with Crippen LogP contribution in [0.3, 0.4) is 0 Å². The Labute approximate surface area is 128 Å². The summed E-state index contributed by atoms with van der Waals surface area (Å²) in [6.45, 7) is 11.2. The van der Waals surface area contributed by atoms with Crippen LogP contribution in [0, 0.1) is 5.92 Å². The fourth-order valence-electron chi connectivity index (χ4n) is 3.57. The highest BCUT2D eigenvalue weighted by atomic mass is 15.2. The molecule has 2 aliphatic rings. The van der Waals surface area contributed by atoms with Crippen molar-refractivity contribution < 1.29 is 0 Å². The van der Waals surface area contributed by atoms with Crippen LogP contribution in [-0.2, 0) is 0 Å². The summed E-state index contributed by atoms with van der Waals surface area (Å²) >= 11 is 0. The molecule has 0 radical (unpaired) electrons. The van der Waals surface area contributed by atoms with Gasteiger partial charge in [0.25, 0.3) is 0 Å². The van der Waals surface area contributed by atoms with E-state index in [9.17, 15) is 0 Å². The topological polar surface area (TPSA) is 3.24 Å². The summed E-state index contributed by atoms with van der Waals surface area (Å²) in [6, 6.07) is 9.17. The van der Waals surface area contributed by atoms with E-state index < -0.39 is 0 Å². The van der Waals surface area contributed by atoms with E-state index >= 15 is 0 Å². The van der Waals surface area contributed by atoms with Gasteiger partial charge in [0.05, 0.1) is 6.04 Å². The predicted molar refractivity (Wildman–Crippen MR) is 91.1 cm³/mol. The Balaban J connectivity index is 1.99. The van der Waals surface area contributed by atoms with Gasteiger partial charge in [0.15, 0.2) is 0 Å². The Morgan fingerprint density at radius 2 is 1.90 bits per heavy atom. The van der Waals surface area contributed by atoms with Gasteiger partial charge in [-0.2, -0.15) is 0 Å². The molecule has 1 aliphatic heterocycles. The average Bonchev–Trinajstić information content (AvgIpc) is 2.79. The highest BCUT2D eigenvalue weighted by Gasteiger charge is 2.35. The van der Waals surface area contributed by atoms with Crippen molar-refractivity contribution in [3.05, 3.63) is 65.8 Å². The second-order valence-corrected chi connectivity index (χ2v) is 6.33. The zero-order valence-corrected chi connectivity index (χ0v) is 13.2. The van der Waals surface area contributed by atoms with E-state index in [-0.39, 0.29) is 0 Å². The number of nitrogens with zero attached hydrogens (tertiary/aromatic N) is 1. The zero-order valence-electron chi connectivity index (χ0n) is 13.2. The first kappa shape index (κ1) is 14.3. The van der Waals surface area contributed by atoms with Crippen molar-refractivity contribution in [2.45, 2.75) is 32.7 Å². The van der Waals surface area contributed by atoms with Crippen molar-refractivity contribution in [3.63, 3.8) is 0 Å². The van der Waals surface area contributed by atoms with Crippen LogP contribution in [-0.4, -0.2) is 18.0 Å². The summed E-state index contributed by atoms with van der Waals surface area (Å²) in [4.78, 5) is 2.65. The van der Waals surface area contributed by atoms with Gasteiger partial charge in [-0.1, -0.05) is 56.0 Å². The molecule has 1 aliphatic carbocycles. The van der Waals surface area contributed by atoms with Gasteiger partial charge >= 0.3 is 0 Å². The van der Waals surface area contributed by atoms with Crippen molar-refractivity contribution in [2.75, 3.05) is 13.1 Å². The first-order chi connectivity index (χ1) is 10.2. The normalized spacial score (nSPS) is 25.9. The first-order valence-corrected chi connectivity index (χ1v) is 8.08. The fraction of sp³-hybridized carbons (Fsp3) is 0.400. The Kier molecular flexibility index (Phi) is 4.12. The van der Waals surface area contributed by atoms with E-state index in [1.165, 1.54) is 48.2 Å². The standard InChI is InChI=1S/C20H25N/c1-4-5-8-18-16(3)17-9-6-7-10-19(17)20(18)21-13-11-15(2)12-14-21/h4-10,15,20H,3,11-14H2,1-2H3/b5-4-,18-8+. The van der Waals surface area contributed by atoms with Crippen LogP contribution in [0.25, 0.3) is 5.57 Å². The summed E-state index contributed by atoms with van der Waals surface area (Å²) in [6.07, 6.45) is 9.11. The van der Waals surface area contributed by atoms with Crippen LogP contribution < -0.4 is 0 Å². The molecule has 1 fully saturated rings. The van der Waals surface area contributed by atoms with Crippen molar-refractivity contribution in [2.24, 2.45) is 5.92 Å². The van der Waals surface area contributed by atoms with E-state index in [4.69, 9.17) is 0 Å². The van der Waals surface area contributed by atoms with E-state index in [0.29, 0.717) is 6.04 Å². The van der Waals surface area contributed by atoms with Crippen LogP contribution in [0.15, 0.2) is 54.6 Å². The number of benzene rings is 1. The maximum Gasteiger partial charge on any atom is 0.0613 e. The molecule has 0 amide bonds. The van der Waals surface area contributed by atoms with Crippen LogP contribution in [0.2, 0.25) is 0 Å². The molecule has 1 heteroatoms. The van der Waals surface area contributed by atoms with Gasteiger partial charge in [0.2, 0.25) is 0 Å². The maximum absolute atomic E-state index is 4.36. The predicted octanol–water partition coefficient (Wildman–Crippen LogP) is 4.99. The number of fused-ring (bicyclic) bond motifs is 1. The second kappa shape index (κ2) is 6.03. The van der Waals surface area contributed by atoms with E-state index in [1.807, 2.05) is 0 Å². The smallest absolute Gasteiger partial charge is 0.0613 e. The van der Waals surface area contributed by atoms with E-state index in [0.717, 1.165) is 5.92 Å². The van der Waals surface area contributed by atoms with Crippen LogP contribution in [0.4, 0.5) is 0 Å². The highest BCUT2D eigenvalue weighted by molar-refractivity contribution is 5.86. The van der Waals surface area contributed by atoms with E-state index in [1.54, 1.807) is 0 Å². The first-order valence-electron chi connectivity index (χ1n) is 8.08. The molecular formula is C20H25N. The van der Waals surface area contributed by atoms with Gasteiger partial charge < -0.3 is 0 Å². The van der Waals surface area contributed by atoms with Crippen molar-refractivity contribution in [1.82, 2.24) is 4.90 Å². The van der Waals surface area contributed by atoms with Crippen molar-refractivity contribution in [3.8, 4) is 0 Å². The van der Waals surface area contributed by atoms with Gasteiger partial charge in [0, 0.05) is 0 Å². The molecule has 1 atom stereocenters. The number of piperidine rings is 1. The second-order valence-electron chi connectivity index (χ2n) is 6.33. The van der Waals surface area contributed by atoms with Gasteiger partial charge in [-0.25, -0.2) is 0 Å². The maximum atomic E-state index is 4.36.